The van der Waals surface area contributed by atoms with Crippen molar-refractivity contribution in [3.8, 4) is 22.9 Å². The molecule has 17 nitrogen and oxygen atoms in total. The number of hydrogen-bond donors (Lipinski definition) is 4. The lowest BCUT2D eigenvalue weighted by Crippen LogP contribution is -2.42. The zero-order valence-corrected chi connectivity index (χ0v) is 35.9. The third-order valence-electron chi connectivity index (χ3n) is 10.9. The Morgan fingerprint density at radius 3 is 1.79 bits per heavy atom. The number of carbonyl (C=O) groups excluding carboxylic acids is 1. The van der Waals surface area contributed by atoms with Gasteiger partial charge in [0.05, 0.1) is 62.0 Å². The predicted octanol–water partition coefficient (Wildman–Crippen LogP) is 8.01. The van der Waals surface area contributed by atoms with E-state index in [2.05, 4.69) is 9.37 Å². The number of piperidine rings is 1. The molecule has 326 valence electrons. The first-order valence-electron chi connectivity index (χ1n) is 19.2. The van der Waals surface area contributed by atoms with Crippen LogP contribution in [0.2, 0.25) is 0 Å². The quantitative estimate of drug-likeness (QED) is 0.0215. The first-order chi connectivity index (χ1) is 30.1. The minimum atomic E-state index is -4.40. The van der Waals surface area contributed by atoms with Gasteiger partial charge in [-0.15, -0.1) is 9.06 Å². The van der Waals surface area contributed by atoms with Crippen molar-refractivity contribution in [2.75, 3.05) is 37.0 Å². The van der Waals surface area contributed by atoms with E-state index in [1.54, 1.807) is 66.5 Å². The molecule has 1 aliphatic rings. The minimum Gasteiger partial charge on any atom is -0.492 e. The molecule has 0 unspecified atom stereocenters. The van der Waals surface area contributed by atoms with Gasteiger partial charge in [0.2, 0.25) is 21.8 Å². The van der Waals surface area contributed by atoms with Crippen LogP contribution in [0.5, 0.6) is 11.8 Å². The van der Waals surface area contributed by atoms with Crippen LogP contribution in [0.15, 0.2) is 140 Å². The van der Waals surface area contributed by atoms with Crippen molar-refractivity contribution < 1.29 is 60.3 Å². The van der Waals surface area contributed by atoms with Crippen LogP contribution in [-0.2, 0) is 34.3 Å². The summed E-state index contributed by atoms with van der Waals surface area (Å²) in [5.41, 5.74) is 4.66. The highest BCUT2D eigenvalue weighted by molar-refractivity contribution is 7.94. The maximum absolute atomic E-state index is 14.7. The van der Waals surface area contributed by atoms with E-state index in [1.807, 2.05) is 54.4 Å². The Hall–Kier alpha value is -6.23. The molecule has 1 fully saturated rings. The van der Waals surface area contributed by atoms with Crippen LogP contribution in [0.1, 0.15) is 12.8 Å². The van der Waals surface area contributed by atoms with E-state index < -0.39 is 43.8 Å². The van der Waals surface area contributed by atoms with Gasteiger partial charge in [-0.2, -0.15) is 12.7 Å². The molecule has 0 radical (unpaired) electrons. The number of sulfonamides is 1. The maximum atomic E-state index is 14.7. The minimum absolute atomic E-state index is 0.00417. The molecule has 8 rings (SSSR count). The number of hydrogen-bond acceptors (Lipinski definition) is 14. The van der Waals surface area contributed by atoms with E-state index in [4.69, 9.17) is 14.5 Å². The molecule has 0 spiro atoms. The van der Waals surface area contributed by atoms with Crippen LogP contribution in [0.25, 0.3) is 33.1 Å². The average molecular weight is 916 g/mol. The first kappa shape index (κ1) is 43.4. The Morgan fingerprint density at radius 1 is 0.730 bits per heavy atom. The number of rotatable bonds is 13. The summed E-state index contributed by atoms with van der Waals surface area (Å²) in [6.45, 7) is 0.00834. The second-order valence-electron chi connectivity index (χ2n) is 14.6. The third-order valence-corrected chi connectivity index (χ3v) is 14.3. The lowest BCUT2D eigenvalue weighted by molar-refractivity contribution is -0.432. The molecular weight excluding hydrogens is 877 g/mol. The van der Waals surface area contributed by atoms with Gasteiger partial charge in [0.1, 0.15) is 0 Å². The van der Waals surface area contributed by atoms with Crippen molar-refractivity contribution in [1.82, 2.24) is 9.04 Å². The number of aromatic nitrogens is 1. The van der Waals surface area contributed by atoms with Crippen LogP contribution in [-0.4, -0.2) is 79.0 Å². The zero-order valence-electron chi connectivity index (χ0n) is 33.4. The molecule has 0 aliphatic carbocycles. The molecule has 0 amide bonds. The van der Waals surface area contributed by atoms with Gasteiger partial charge in [0.15, 0.2) is 0 Å². The standard InChI is InChI=1S/C43H38N4O13S3/c1-44(28-7-13-32(14-8-28)61-60-59-51)30-11-17-34-37(25-30)57-38-26-31(45(2)29-9-15-33(16-10-29)63(54,55)56)12-18-35(38)42(34)36-5-3-4-6-39(36)62(52,53)46-23-21-27(22-24-46)43(50)58-47-40(48)19-20-41(47)49/h3-20,25-27H,21-24H2,1-2H3,(H3-,48,49,51,54,55,56)/p+1. The summed E-state index contributed by atoms with van der Waals surface area (Å²) in [7, 11) is -4.92. The van der Waals surface area contributed by atoms with Gasteiger partial charge in [0.25, 0.3) is 10.1 Å². The SMILES string of the molecule is CN(c1ccc(SOOO)cc1)c1ccc2c(-c3ccccc3S(=O)(=O)N3CCC(C(=O)On4c(O)ccc4O)CC3)c3ccc(N(C)c4ccc(S(=O)(=O)O)cc4)cc3[o+]c2c1. The summed E-state index contributed by atoms with van der Waals surface area (Å²) in [4.78, 5) is 22.4. The van der Waals surface area contributed by atoms with Gasteiger partial charge in [-0.3, -0.25) is 4.55 Å². The van der Waals surface area contributed by atoms with Crippen molar-refractivity contribution in [2.45, 2.75) is 27.5 Å². The highest BCUT2D eigenvalue weighted by Crippen LogP contribution is 2.43. The van der Waals surface area contributed by atoms with Crippen LogP contribution in [0, 0.1) is 5.92 Å². The molecule has 1 saturated heterocycles. The Kier molecular flexibility index (Phi) is 12.1. The van der Waals surface area contributed by atoms with Crippen LogP contribution in [0.3, 0.4) is 0 Å². The topological polar surface area (TPSA) is 220 Å². The smallest absolute Gasteiger partial charge is 0.363 e. The lowest BCUT2D eigenvalue weighted by atomic mass is 9.96. The predicted molar refractivity (Wildman–Crippen MR) is 234 cm³/mol. The zero-order chi connectivity index (χ0) is 44.6. The number of nitrogens with zero attached hydrogens (tertiary/aromatic N) is 4. The fourth-order valence-corrected chi connectivity index (χ4v) is 10.0. The Labute approximate surface area is 365 Å². The summed E-state index contributed by atoms with van der Waals surface area (Å²) in [5.74, 6) is -2.33. The van der Waals surface area contributed by atoms with E-state index in [0.717, 1.165) is 23.4 Å². The van der Waals surface area contributed by atoms with E-state index in [9.17, 15) is 36.4 Å². The van der Waals surface area contributed by atoms with E-state index in [-0.39, 0.29) is 35.7 Å². The van der Waals surface area contributed by atoms with Crippen LogP contribution < -0.4 is 14.6 Å². The normalized spacial score (nSPS) is 14.0. The Bertz CT molecular complexity index is 3050. The Morgan fingerprint density at radius 2 is 1.25 bits per heavy atom. The van der Waals surface area contributed by atoms with Crippen LogP contribution in [0.4, 0.5) is 22.7 Å². The molecule has 63 heavy (non-hydrogen) atoms. The average Bonchev–Trinajstić information content (AvgIpc) is 3.61. The molecular formula is C43H39N4O13S3+. The molecule has 20 heteroatoms. The van der Waals surface area contributed by atoms with Gasteiger partial charge in [-0.1, -0.05) is 23.2 Å². The summed E-state index contributed by atoms with van der Waals surface area (Å²) >= 11 is 0.833. The number of benzene rings is 5. The van der Waals surface area contributed by atoms with Crippen molar-refractivity contribution in [2.24, 2.45) is 5.92 Å². The fraction of sp³-hybridized carbons (Fsp3) is 0.163. The molecule has 0 bridgehead atoms. The first-order valence-corrected chi connectivity index (χ1v) is 22.8. The molecule has 7 aromatic rings. The molecule has 0 saturated carbocycles. The van der Waals surface area contributed by atoms with Crippen molar-refractivity contribution in [3.63, 3.8) is 0 Å². The van der Waals surface area contributed by atoms with E-state index >= 15 is 0 Å². The van der Waals surface area contributed by atoms with Crippen molar-refractivity contribution >= 4 is 82.8 Å². The molecule has 5 aromatic carbocycles. The van der Waals surface area contributed by atoms with E-state index in [0.29, 0.717) is 54.1 Å². The fourth-order valence-electron chi connectivity index (χ4n) is 7.52. The molecule has 4 N–H and O–H groups in total. The highest BCUT2D eigenvalue weighted by atomic mass is 32.2. The van der Waals surface area contributed by atoms with Gasteiger partial charge >= 0.3 is 17.1 Å². The third kappa shape index (κ3) is 8.75. The Balaban J connectivity index is 1.18. The van der Waals surface area contributed by atoms with Gasteiger partial charge < -0.3 is 24.9 Å². The summed E-state index contributed by atoms with van der Waals surface area (Å²) in [6, 6.07) is 33.1. The second kappa shape index (κ2) is 17.5. The van der Waals surface area contributed by atoms with Gasteiger partial charge in [0, 0.05) is 66.7 Å². The molecule has 1 aliphatic heterocycles. The van der Waals surface area contributed by atoms with E-state index in [1.165, 1.54) is 28.6 Å². The van der Waals surface area contributed by atoms with Gasteiger partial charge in [-0.25, -0.2) is 22.9 Å². The molecule has 0 atom stereocenters. The molecule has 2 aromatic heterocycles. The largest absolute Gasteiger partial charge is 0.492 e. The maximum Gasteiger partial charge on any atom is 0.363 e. The second-order valence-corrected chi connectivity index (χ2v) is 18.7. The molecule has 3 heterocycles. The lowest BCUT2D eigenvalue weighted by Gasteiger charge is -2.30. The summed E-state index contributed by atoms with van der Waals surface area (Å²) in [5, 5.41) is 33.3. The van der Waals surface area contributed by atoms with Crippen LogP contribution >= 0.6 is 12.0 Å². The number of anilines is 4. The highest BCUT2D eigenvalue weighted by Gasteiger charge is 2.36. The summed E-state index contributed by atoms with van der Waals surface area (Å²) in [6.07, 6.45) is 0.271. The number of aromatic hydroxyl groups is 2. The summed E-state index contributed by atoms with van der Waals surface area (Å²) < 4.78 is 75.4. The van der Waals surface area contributed by atoms with Crippen molar-refractivity contribution in [3.05, 3.63) is 121 Å². The number of carbonyl (C=O) groups is 1. The van der Waals surface area contributed by atoms with Gasteiger partial charge in [-0.05, 0) is 91.7 Å². The monoisotopic (exact) mass is 915 g/mol. The number of fused-ring (bicyclic) bond motifs is 2. The van der Waals surface area contributed by atoms with Crippen molar-refractivity contribution in [1.29, 1.82) is 0 Å².